The number of aromatic carboxylic acids is 1. The second kappa shape index (κ2) is 17.2. The number of anilines is 2. The molecule has 0 bridgehead atoms. The Balaban J connectivity index is 0.000000231. The minimum absolute atomic E-state index is 0.199. The van der Waals surface area contributed by atoms with Crippen LogP contribution in [0.1, 0.15) is 62.2 Å². The molecule has 11 heteroatoms. The molecule has 1 aliphatic heterocycles. The molecule has 4 aromatic rings. The van der Waals surface area contributed by atoms with Crippen molar-refractivity contribution in [1.82, 2.24) is 9.97 Å². The molecule has 0 amide bonds. The summed E-state index contributed by atoms with van der Waals surface area (Å²) in [4.78, 5) is 30.4. The molecule has 8 nitrogen and oxygen atoms in total. The second-order valence-electron chi connectivity index (χ2n) is 10.5. The topological polar surface area (TPSA) is 116 Å². The lowest BCUT2D eigenvalue weighted by Gasteiger charge is -2.19. The minimum Gasteiger partial charge on any atom is -0.477 e. The van der Waals surface area contributed by atoms with Crippen LogP contribution in [0.5, 0.6) is 11.5 Å². The Morgan fingerprint density at radius 2 is 1.76 bits per heavy atom. The van der Waals surface area contributed by atoms with Crippen molar-refractivity contribution in [2.24, 2.45) is 0 Å². The van der Waals surface area contributed by atoms with E-state index in [2.05, 4.69) is 27.5 Å². The highest BCUT2D eigenvalue weighted by molar-refractivity contribution is 7.99. The maximum atomic E-state index is 14.5. The van der Waals surface area contributed by atoms with Gasteiger partial charge in [0.25, 0.3) is 0 Å². The number of halogens is 2. The first-order chi connectivity index (χ1) is 21.9. The Hall–Kier alpha value is -4.38. The monoisotopic (exact) mass is 636 g/mol. The number of fused-ring (bicyclic) bond motifs is 1. The molecule has 2 aromatic heterocycles. The number of nitrogens with one attached hydrogen (secondary N) is 3. The van der Waals surface area contributed by atoms with E-state index in [1.165, 1.54) is 75.1 Å². The first-order valence-electron chi connectivity index (χ1n) is 15.1. The molecular weight excluding hydrogens is 598 g/mol. The first-order valence-corrected chi connectivity index (χ1v) is 16.1. The molecule has 0 aliphatic carbocycles. The number of H-pyrrole nitrogens is 1. The van der Waals surface area contributed by atoms with Crippen molar-refractivity contribution in [2.45, 2.75) is 56.8 Å². The lowest BCUT2D eigenvalue weighted by Crippen LogP contribution is -2.16. The van der Waals surface area contributed by atoms with Crippen molar-refractivity contribution in [3.63, 3.8) is 0 Å². The highest BCUT2D eigenvalue weighted by Crippen LogP contribution is 2.39. The van der Waals surface area contributed by atoms with Gasteiger partial charge in [0.05, 0.1) is 4.90 Å². The van der Waals surface area contributed by atoms with E-state index in [0.717, 1.165) is 47.9 Å². The zero-order chi connectivity index (χ0) is 32.0. The normalized spacial score (nSPS) is 11.9. The van der Waals surface area contributed by atoms with Crippen molar-refractivity contribution in [3.05, 3.63) is 94.5 Å². The largest absolute Gasteiger partial charge is 0.477 e. The van der Waals surface area contributed by atoms with Crippen molar-refractivity contribution >= 4 is 29.2 Å². The van der Waals surface area contributed by atoms with Crippen LogP contribution in [0, 0.1) is 11.6 Å². The zero-order valence-electron chi connectivity index (χ0n) is 25.2. The smallest absolute Gasteiger partial charge is 0.341 e. The van der Waals surface area contributed by atoms with Crippen molar-refractivity contribution in [2.75, 3.05) is 29.5 Å². The third-order valence-electron chi connectivity index (χ3n) is 7.10. The molecule has 4 N–H and O–H groups in total. The number of unbranched alkanes of at least 4 members (excludes halogenated alkanes) is 6. The molecule has 0 saturated carbocycles. The Bertz CT molecular complexity index is 1620. The molecule has 0 fully saturated rings. The average molecular weight is 637 g/mol. The number of nitrogens with zero attached hydrogens (tertiary/aromatic N) is 1. The van der Waals surface area contributed by atoms with Gasteiger partial charge in [0.15, 0.2) is 11.6 Å². The Morgan fingerprint density at radius 3 is 2.49 bits per heavy atom. The van der Waals surface area contributed by atoms with Crippen molar-refractivity contribution in [1.29, 1.82) is 0 Å². The fraction of sp³-hybridized carbons (Fsp3) is 0.324. The fourth-order valence-electron chi connectivity index (χ4n) is 4.71. The summed E-state index contributed by atoms with van der Waals surface area (Å²) >= 11 is 1.68. The summed E-state index contributed by atoms with van der Waals surface area (Å²) in [6, 6.07) is 12.1. The van der Waals surface area contributed by atoms with Crippen LogP contribution in [-0.2, 0) is 0 Å². The Labute approximate surface area is 265 Å². The quantitative estimate of drug-likeness (QED) is 0.108. The molecule has 2 aromatic carbocycles. The number of aromatic amines is 1. The molecule has 0 unspecified atom stereocenters. The van der Waals surface area contributed by atoms with Crippen LogP contribution in [0.15, 0.2) is 76.8 Å². The molecule has 5 rings (SSSR count). The van der Waals surface area contributed by atoms with Crippen LogP contribution in [0.2, 0.25) is 0 Å². The molecule has 238 valence electrons. The maximum Gasteiger partial charge on any atom is 0.341 e. The second-order valence-corrected chi connectivity index (χ2v) is 11.6. The molecule has 0 radical (unpaired) electrons. The van der Waals surface area contributed by atoms with Crippen LogP contribution < -0.4 is 20.8 Å². The molecule has 3 heterocycles. The summed E-state index contributed by atoms with van der Waals surface area (Å²) < 4.78 is 33.1. The Kier molecular flexibility index (Phi) is 12.8. The number of aromatic nitrogens is 2. The number of thioether (sulfide) groups is 1. The highest BCUT2D eigenvalue weighted by Gasteiger charge is 2.17. The summed E-state index contributed by atoms with van der Waals surface area (Å²) in [6.45, 7) is 3.98. The molecule has 0 saturated heterocycles. The summed E-state index contributed by atoms with van der Waals surface area (Å²) in [6.07, 6.45) is 13.1. The van der Waals surface area contributed by atoms with Gasteiger partial charge < -0.3 is 25.5 Å². The number of carboxylic acid groups (broad SMARTS) is 1. The molecule has 45 heavy (non-hydrogen) atoms. The van der Waals surface area contributed by atoms with E-state index in [1.807, 2.05) is 6.07 Å². The molecule has 0 spiro atoms. The van der Waals surface area contributed by atoms with Gasteiger partial charge in [-0.3, -0.25) is 4.79 Å². The summed E-state index contributed by atoms with van der Waals surface area (Å²) in [5.41, 5.74) is 0.527. The number of ether oxygens (including phenoxy) is 1. The van der Waals surface area contributed by atoms with Crippen LogP contribution in [0.3, 0.4) is 0 Å². The first kappa shape index (κ1) is 33.5. The minimum atomic E-state index is -1.30. The fourth-order valence-corrected chi connectivity index (χ4v) is 5.63. The third kappa shape index (κ3) is 9.81. The number of hydrogen-bond acceptors (Lipinski definition) is 7. The van der Waals surface area contributed by atoms with Crippen LogP contribution in [0.25, 0.3) is 11.1 Å². The van der Waals surface area contributed by atoms with Crippen LogP contribution in [-0.4, -0.2) is 39.9 Å². The molecule has 0 atom stereocenters. The summed E-state index contributed by atoms with van der Waals surface area (Å²) in [7, 11) is 0. The third-order valence-corrected chi connectivity index (χ3v) is 8.19. The van der Waals surface area contributed by atoms with Gasteiger partial charge in [-0.15, -0.1) is 11.8 Å². The number of hydrogen-bond donors (Lipinski definition) is 4. The van der Waals surface area contributed by atoms with E-state index in [0.29, 0.717) is 11.3 Å². The van der Waals surface area contributed by atoms with Crippen LogP contribution >= 0.6 is 11.8 Å². The van der Waals surface area contributed by atoms with Gasteiger partial charge in [-0.05, 0) is 36.2 Å². The predicted molar refractivity (Wildman–Crippen MR) is 176 cm³/mol. The number of carboxylic acids is 1. The van der Waals surface area contributed by atoms with Gasteiger partial charge in [-0.1, -0.05) is 57.6 Å². The van der Waals surface area contributed by atoms with Crippen molar-refractivity contribution in [3.8, 4) is 22.6 Å². The van der Waals surface area contributed by atoms with E-state index in [9.17, 15) is 18.4 Å². The van der Waals surface area contributed by atoms with Crippen molar-refractivity contribution < 1.29 is 23.4 Å². The molecule has 1 aliphatic rings. The number of benzene rings is 2. The van der Waals surface area contributed by atoms with Gasteiger partial charge >= 0.3 is 5.97 Å². The number of carbonyl (C=O) groups is 1. The van der Waals surface area contributed by atoms with Gasteiger partial charge in [0.2, 0.25) is 5.43 Å². The maximum absolute atomic E-state index is 14.5. The lowest BCUT2D eigenvalue weighted by molar-refractivity contribution is 0.0695. The van der Waals surface area contributed by atoms with E-state index >= 15 is 0 Å². The standard InChI is InChI=1S/C22H30FN3OS.C12H8FNO3/c1-2-3-4-5-6-7-8-12-24-17-9-10-19(18(23)16-17)27-20-11-13-25-22-21(20)28-15-14-26-22;13-8-3-1-7(2-4-8)9-5-14-6-10(11(9)15)12(16)17/h9-11,13,16,24H,2-8,12,14-15H2,1H3,(H,25,26);1-6H,(H,14,15)(H,16,17). The van der Waals surface area contributed by atoms with Gasteiger partial charge in [-0.2, -0.15) is 0 Å². The van der Waals surface area contributed by atoms with Gasteiger partial charge in [-0.25, -0.2) is 18.6 Å². The van der Waals surface area contributed by atoms with Crippen LogP contribution in [0.4, 0.5) is 20.3 Å². The van der Waals surface area contributed by atoms with E-state index in [1.54, 1.807) is 30.1 Å². The van der Waals surface area contributed by atoms with Gasteiger partial charge in [0, 0.05) is 60.8 Å². The zero-order valence-corrected chi connectivity index (χ0v) is 26.0. The van der Waals surface area contributed by atoms with E-state index in [-0.39, 0.29) is 22.7 Å². The predicted octanol–water partition coefficient (Wildman–Crippen LogP) is 8.57. The highest BCUT2D eigenvalue weighted by atomic mass is 32.2. The Morgan fingerprint density at radius 1 is 1.00 bits per heavy atom. The summed E-state index contributed by atoms with van der Waals surface area (Å²) in [5.74, 6) is 0.561. The lowest BCUT2D eigenvalue weighted by atomic mass is 10.1. The number of rotatable bonds is 13. The van der Waals surface area contributed by atoms with E-state index < -0.39 is 17.2 Å². The SMILES string of the molecule is CCCCCCCCCNc1ccc(Oc2ccnc3c2SCCN3)c(F)c1.O=C(O)c1c[nH]cc(-c2ccc(F)cc2)c1=O. The van der Waals surface area contributed by atoms with E-state index in [4.69, 9.17) is 9.84 Å². The summed E-state index contributed by atoms with van der Waals surface area (Å²) in [5, 5.41) is 15.4. The van der Waals surface area contributed by atoms with Gasteiger partial charge in [0.1, 0.15) is 22.9 Å². The molecular formula is C34H38F2N4O4S. The number of pyridine rings is 2. The average Bonchev–Trinajstić information content (AvgIpc) is 3.04.